The van der Waals surface area contributed by atoms with Crippen molar-refractivity contribution in [1.29, 1.82) is 0 Å². The second-order valence-electron chi connectivity index (χ2n) is 4.71. The Morgan fingerprint density at radius 2 is 2.05 bits per heavy atom. The minimum absolute atomic E-state index is 0.371. The number of carbonyl (C=O) groups excluding carboxylic acids is 2. The first-order valence-corrected chi connectivity index (χ1v) is 6.03. The molecule has 2 rings (SSSR count). The molecule has 1 aromatic carbocycles. The maximum Gasteiger partial charge on any atom is 0.255 e. The zero-order valence-corrected chi connectivity index (χ0v) is 10.2. The molecule has 1 fully saturated rings. The number of hydrogen-bond donors (Lipinski definition) is 2. The van der Waals surface area contributed by atoms with Crippen LogP contribution in [0.2, 0.25) is 0 Å². The van der Waals surface area contributed by atoms with Gasteiger partial charge in [-0.15, -0.1) is 0 Å². The number of nitrogens with one attached hydrogen (secondary N) is 1. The fourth-order valence-electron chi connectivity index (χ4n) is 1.85. The predicted molar refractivity (Wildman–Crippen MR) is 64.1 cm³/mol. The molecule has 0 unspecified atom stereocenters. The van der Waals surface area contributed by atoms with Gasteiger partial charge in [0.15, 0.2) is 11.6 Å². The number of hydrogen-bond acceptors (Lipinski definition) is 2. The molecule has 0 bridgehead atoms. The molecule has 1 aliphatic rings. The van der Waals surface area contributed by atoms with Crippen molar-refractivity contribution in [1.82, 2.24) is 5.32 Å². The highest BCUT2D eigenvalue weighted by molar-refractivity contribution is 5.97. The highest BCUT2D eigenvalue weighted by atomic mass is 19.2. The van der Waals surface area contributed by atoms with Crippen molar-refractivity contribution in [3.8, 4) is 0 Å². The van der Waals surface area contributed by atoms with Crippen LogP contribution in [0.15, 0.2) is 18.2 Å². The van der Waals surface area contributed by atoms with Crippen LogP contribution in [0.1, 0.15) is 29.6 Å². The van der Waals surface area contributed by atoms with Crippen LogP contribution in [-0.2, 0) is 4.79 Å². The number of rotatable bonds is 5. The fraction of sp³-hybridized carbons (Fsp3) is 0.385. The van der Waals surface area contributed by atoms with Crippen LogP contribution in [0.5, 0.6) is 0 Å². The summed E-state index contributed by atoms with van der Waals surface area (Å²) in [5.41, 5.74) is 4.76. The molecule has 3 N–H and O–H groups in total. The van der Waals surface area contributed by atoms with Crippen LogP contribution >= 0.6 is 0 Å². The lowest BCUT2D eigenvalue weighted by Crippen LogP contribution is -2.45. The normalized spacial score (nSPS) is 15.9. The van der Waals surface area contributed by atoms with Crippen LogP contribution in [-0.4, -0.2) is 17.9 Å². The van der Waals surface area contributed by atoms with E-state index in [1.807, 2.05) is 0 Å². The second-order valence-corrected chi connectivity index (χ2v) is 4.71. The Kier molecular flexibility index (Phi) is 3.78. The standard InChI is InChI=1S/C13H14F2N2O2/c14-9-3-1-2-8(11(9)15)13(19)17-10(12(16)18)6-7-4-5-7/h1-3,7,10H,4-6H2,(H2,16,18)(H,17,19)/t10-/m1/s1. The Labute approximate surface area is 109 Å². The molecule has 0 spiro atoms. The van der Waals surface area contributed by atoms with Crippen molar-refractivity contribution in [2.45, 2.75) is 25.3 Å². The van der Waals surface area contributed by atoms with Crippen LogP contribution in [0.4, 0.5) is 8.78 Å². The average Bonchev–Trinajstić information content (AvgIpc) is 3.15. The van der Waals surface area contributed by atoms with E-state index >= 15 is 0 Å². The Morgan fingerprint density at radius 1 is 1.37 bits per heavy atom. The monoisotopic (exact) mass is 268 g/mol. The molecule has 0 saturated heterocycles. The quantitative estimate of drug-likeness (QED) is 0.846. The van der Waals surface area contributed by atoms with E-state index in [1.165, 1.54) is 6.07 Å². The van der Waals surface area contributed by atoms with Crippen LogP contribution in [0, 0.1) is 17.6 Å². The number of nitrogens with two attached hydrogens (primary N) is 1. The lowest BCUT2D eigenvalue weighted by Gasteiger charge is -2.15. The van der Waals surface area contributed by atoms with Gasteiger partial charge in [-0.25, -0.2) is 8.78 Å². The molecule has 102 valence electrons. The number of benzene rings is 1. The summed E-state index contributed by atoms with van der Waals surface area (Å²) >= 11 is 0. The molecule has 1 aromatic rings. The largest absolute Gasteiger partial charge is 0.368 e. The molecule has 0 radical (unpaired) electrons. The van der Waals surface area contributed by atoms with Gasteiger partial charge in [-0.1, -0.05) is 18.9 Å². The Bertz CT molecular complexity index is 515. The maximum absolute atomic E-state index is 13.4. The molecular weight excluding hydrogens is 254 g/mol. The summed E-state index contributed by atoms with van der Waals surface area (Å²) in [4.78, 5) is 23.0. The summed E-state index contributed by atoms with van der Waals surface area (Å²) in [5.74, 6) is -3.46. The highest BCUT2D eigenvalue weighted by Gasteiger charge is 2.30. The smallest absolute Gasteiger partial charge is 0.255 e. The van der Waals surface area contributed by atoms with Gasteiger partial charge in [-0.05, 0) is 24.5 Å². The van der Waals surface area contributed by atoms with Gasteiger partial charge in [0.05, 0.1) is 5.56 Å². The minimum Gasteiger partial charge on any atom is -0.368 e. The second kappa shape index (κ2) is 5.34. The maximum atomic E-state index is 13.4. The Balaban J connectivity index is 2.09. The summed E-state index contributed by atoms with van der Waals surface area (Å²) < 4.78 is 26.4. The first-order valence-electron chi connectivity index (χ1n) is 6.03. The molecule has 6 heteroatoms. The minimum atomic E-state index is -1.23. The van der Waals surface area contributed by atoms with E-state index in [9.17, 15) is 18.4 Å². The van der Waals surface area contributed by atoms with E-state index in [4.69, 9.17) is 5.73 Å². The number of halogens is 2. The molecule has 2 amide bonds. The molecule has 0 heterocycles. The molecular formula is C13H14F2N2O2. The van der Waals surface area contributed by atoms with Gasteiger partial charge in [-0.3, -0.25) is 9.59 Å². The van der Waals surface area contributed by atoms with Gasteiger partial charge in [0.25, 0.3) is 5.91 Å². The molecule has 1 aliphatic carbocycles. The van der Waals surface area contributed by atoms with E-state index in [0.717, 1.165) is 25.0 Å². The zero-order valence-electron chi connectivity index (χ0n) is 10.2. The average molecular weight is 268 g/mol. The van der Waals surface area contributed by atoms with Crippen molar-refractivity contribution >= 4 is 11.8 Å². The van der Waals surface area contributed by atoms with Gasteiger partial charge in [0.2, 0.25) is 5.91 Å². The van der Waals surface area contributed by atoms with E-state index in [-0.39, 0.29) is 0 Å². The number of primary amides is 1. The fourth-order valence-corrected chi connectivity index (χ4v) is 1.85. The third kappa shape index (κ3) is 3.27. The van der Waals surface area contributed by atoms with Crippen molar-refractivity contribution in [3.63, 3.8) is 0 Å². The lowest BCUT2D eigenvalue weighted by molar-refractivity contribution is -0.120. The summed E-state index contributed by atoms with van der Waals surface area (Å²) in [5, 5.41) is 2.35. The lowest BCUT2D eigenvalue weighted by atomic mass is 10.1. The van der Waals surface area contributed by atoms with Gasteiger partial charge in [0.1, 0.15) is 6.04 Å². The van der Waals surface area contributed by atoms with Gasteiger partial charge >= 0.3 is 0 Å². The number of amides is 2. The van der Waals surface area contributed by atoms with Gasteiger partial charge < -0.3 is 11.1 Å². The van der Waals surface area contributed by atoms with E-state index in [1.54, 1.807) is 0 Å². The van der Waals surface area contributed by atoms with Crippen LogP contribution in [0.3, 0.4) is 0 Å². The van der Waals surface area contributed by atoms with Gasteiger partial charge in [-0.2, -0.15) is 0 Å². The molecule has 0 aliphatic heterocycles. The Hall–Kier alpha value is -1.98. The van der Waals surface area contributed by atoms with E-state index in [2.05, 4.69) is 5.32 Å². The Morgan fingerprint density at radius 3 is 2.63 bits per heavy atom. The molecule has 1 saturated carbocycles. The van der Waals surface area contributed by atoms with Crippen molar-refractivity contribution < 1.29 is 18.4 Å². The molecule has 1 atom stereocenters. The van der Waals surface area contributed by atoms with Crippen molar-refractivity contribution in [2.75, 3.05) is 0 Å². The zero-order chi connectivity index (χ0) is 14.0. The number of carbonyl (C=O) groups is 2. The van der Waals surface area contributed by atoms with Crippen LogP contribution in [0.25, 0.3) is 0 Å². The third-order valence-electron chi connectivity index (χ3n) is 3.11. The topological polar surface area (TPSA) is 72.2 Å². The van der Waals surface area contributed by atoms with Crippen molar-refractivity contribution in [2.24, 2.45) is 11.7 Å². The molecule has 0 aromatic heterocycles. The summed E-state index contributed by atoms with van der Waals surface area (Å²) in [6.07, 6.45) is 2.43. The molecule has 4 nitrogen and oxygen atoms in total. The predicted octanol–water partition coefficient (Wildman–Crippen LogP) is 1.35. The van der Waals surface area contributed by atoms with Crippen molar-refractivity contribution in [3.05, 3.63) is 35.4 Å². The van der Waals surface area contributed by atoms with E-state index in [0.29, 0.717) is 12.3 Å². The first-order chi connectivity index (χ1) is 8.99. The summed E-state index contributed by atoms with van der Waals surface area (Å²) in [7, 11) is 0. The third-order valence-corrected chi connectivity index (χ3v) is 3.11. The first kappa shape index (κ1) is 13.5. The summed E-state index contributed by atoms with van der Waals surface area (Å²) in [6, 6.07) is 2.46. The molecule has 19 heavy (non-hydrogen) atoms. The summed E-state index contributed by atoms with van der Waals surface area (Å²) in [6.45, 7) is 0. The highest BCUT2D eigenvalue weighted by Crippen LogP contribution is 2.33. The SMILES string of the molecule is NC(=O)[C@@H](CC1CC1)NC(=O)c1cccc(F)c1F. The van der Waals surface area contributed by atoms with Crippen LogP contribution < -0.4 is 11.1 Å². The van der Waals surface area contributed by atoms with Gasteiger partial charge in [0, 0.05) is 0 Å². The van der Waals surface area contributed by atoms with E-state index < -0.39 is 35.1 Å².